The van der Waals surface area contributed by atoms with Crippen LogP contribution < -0.4 is 14.8 Å². The molecule has 6 heteroatoms. The monoisotopic (exact) mass is 306 g/mol. The molecule has 2 rings (SSSR count). The quantitative estimate of drug-likeness (QED) is 0.880. The molecule has 0 aliphatic heterocycles. The highest BCUT2D eigenvalue weighted by molar-refractivity contribution is 7.92. The van der Waals surface area contributed by atoms with Gasteiger partial charge in [0.1, 0.15) is 5.75 Å². The lowest BCUT2D eigenvalue weighted by Crippen LogP contribution is -2.27. The number of nitrogens with two attached hydrogens (primary N) is 1. The van der Waals surface area contributed by atoms with E-state index in [1.807, 2.05) is 0 Å². The maximum atomic E-state index is 12.7. The summed E-state index contributed by atoms with van der Waals surface area (Å²) in [7, 11) is -0.628. The number of anilines is 2. The van der Waals surface area contributed by atoms with Gasteiger partial charge in [-0.05, 0) is 36.8 Å². The van der Waals surface area contributed by atoms with Gasteiger partial charge < -0.3 is 10.5 Å². The lowest BCUT2D eigenvalue weighted by Gasteiger charge is -2.21. The minimum Gasteiger partial charge on any atom is -0.497 e. The zero-order valence-electron chi connectivity index (χ0n) is 12.2. The molecule has 2 aromatic carbocycles. The molecule has 0 amide bonds. The van der Waals surface area contributed by atoms with Crippen LogP contribution in [0.1, 0.15) is 5.56 Å². The van der Waals surface area contributed by atoms with Crippen molar-refractivity contribution in [3.63, 3.8) is 0 Å². The van der Waals surface area contributed by atoms with Crippen LogP contribution in [0.2, 0.25) is 0 Å². The maximum Gasteiger partial charge on any atom is 0.264 e. The molecule has 0 heterocycles. The third-order valence-corrected chi connectivity index (χ3v) is 5.31. The molecule has 112 valence electrons. The Labute approximate surface area is 125 Å². The highest BCUT2D eigenvalue weighted by Crippen LogP contribution is 2.28. The van der Waals surface area contributed by atoms with Gasteiger partial charge in [-0.15, -0.1) is 0 Å². The predicted molar refractivity (Wildman–Crippen MR) is 84.2 cm³/mol. The van der Waals surface area contributed by atoms with E-state index in [9.17, 15) is 8.42 Å². The molecule has 0 fully saturated rings. The van der Waals surface area contributed by atoms with Crippen molar-refractivity contribution in [3.8, 4) is 5.75 Å². The molecule has 2 N–H and O–H groups in total. The minimum atomic E-state index is -3.67. The molecule has 0 aromatic heterocycles. The summed E-state index contributed by atoms with van der Waals surface area (Å²) in [5.74, 6) is 0.596. The first-order chi connectivity index (χ1) is 9.87. The fourth-order valence-corrected chi connectivity index (χ4v) is 3.44. The lowest BCUT2D eigenvalue weighted by molar-refractivity contribution is 0.415. The fraction of sp³-hybridized carbons (Fsp3) is 0.200. The van der Waals surface area contributed by atoms with Crippen molar-refractivity contribution in [2.45, 2.75) is 11.8 Å². The third kappa shape index (κ3) is 2.80. The van der Waals surface area contributed by atoms with Crippen molar-refractivity contribution in [3.05, 3.63) is 48.0 Å². The third-order valence-electron chi connectivity index (χ3n) is 3.38. The normalized spacial score (nSPS) is 11.2. The molecule has 0 spiro atoms. The van der Waals surface area contributed by atoms with Crippen LogP contribution in [0.15, 0.2) is 47.4 Å². The largest absolute Gasteiger partial charge is 0.497 e. The Morgan fingerprint density at radius 3 is 2.48 bits per heavy atom. The van der Waals surface area contributed by atoms with Gasteiger partial charge in [0.15, 0.2) is 0 Å². The second-order valence-electron chi connectivity index (χ2n) is 4.64. The summed E-state index contributed by atoms with van der Waals surface area (Å²) in [5, 5.41) is 0. The summed E-state index contributed by atoms with van der Waals surface area (Å²) in [4.78, 5) is 0.202. The van der Waals surface area contributed by atoms with Crippen molar-refractivity contribution in [2.24, 2.45) is 0 Å². The van der Waals surface area contributed by atoms with E-state index in [2.05, 4.69) is 0 Å². The first kappa shape index (κ1) is 15.2. The molecular formula is C15H18N2O3S. The number of ether oxygens (including phenoxy) is 1. The maximum absolute atomic E-state index is 12.7. The van der Waals surface area contributed by atoms with Gasteiger partial charge in [0.25, 0.3) is 10.0 Å². The summed E-state index contributed by atoms with van der Waals surface area (Å²) in [6.07, 6.45) is 0. The standard InChI is InChI=1S/C15H18N2O3S/c1-11-14(16)8-5-9-15(11)21(18,19)17(2)12-6-4-7-13(10-12)20-3/h4-10H,16H2,1-3H3. The number of benzene rings is 2. The zero-order valence-corrected chi connectivity index (χ0v) is 13.0. The molecule has 0 saturated heterocycles. The number of nitrogens with zero attached hydrogens (tertiary/aromatic N) is 1. The second-order valence-corrected chi connectivity index (χ2v) is 6.58. The van der Waals surface area contributed by atoms with Gasteiger partial charge in [0, 0.05) is 18.8 Å². The van der Waals surface area contributed by atoms with Crippen LogP contribution in [-0.2, 0) is 10.0 Å². The second kappa shape index (κ2) is 5.65. The highest BCUT2D eigenvalue weighted by Gasteiger charge is 2.24. The van der Waals surface area contributed by atoms with Crippen LogP contribution in [-0.4, -0.2) is 22.6 Å². The topological polar surface area (TPSA) is 72.6 Å². The van der Waals surface area contributed by atoms with Crippen LogP contribution >= 0.6 is 0 Å². The first-order valence-corrected chi connectivity index (χ1v) is 7.80. The lowest BCUT2D eigenvalue weighted by atomic mass is 10.2. The molecule has 21 heavy (non-hydrogen) atoms. The smallest absolute Gasteiger partial charge is 0.264 e. The van der Waals surface area contributed by atoms with Gasteiger partial charge in [-0.3, -0.25) is 4.31 Å². The summed E-state index contributed by atoms with van der Waals surface area (Å²) in [6, 6.07) is 11.7. The Balaban J connectivity index is 2.50. The van der Waals surface area contributed by atoms with E-state index in [0.29, 0.717) is 22.7 Å². The number of hydrogen-bond acceptors (Lipinski definition) is 4. The molecule has 0 saturated carbocycles. The Morgan fingerprint density at radius 1 is 1.14 bits per heavy atom. The number of rotatable bonds is 4. The average Bonchev–Trinajstić information content (AvgIpc) is 2.49. The van der Waals surface area contributed by atoms with Gasteiger partial charge in [-0.2, -0.15) is 0 Å². The van der Waals surface area contributed by atoms with Crippen LogP contribution in [0, 0.1) is 6.92 Å². The summed E-state index contributed by atoms with van der Waals surface area (Å²) in [6.45, 7) is 1.70. The Kier molecular flexibility index (Phi) is 4.09. The molecule has 0 aliphatic carbocycles. The Morgan fingerprint density at radius 2 is 1.81 bits per heavy atom. The van der Waals surface area contributed by atoms with Gasteiger partial charge >= 0.3 is 0 Å². The van der Waals surface area contributed by atoms with Crippen molar-refractivity contribution < 1.29 is 13.2 Å². The van der Waals surface area contributed by atoms with E-state index >= 15 is 0 Å². The van der Waals surface area contributed by atoms with Gasteiger partial charge in [-0.25, -0.2) is 8.42 Å². The minimum absolute atomic E-state index is 0.202. The highest BCUT2D eigenvalue weighted by atomic mass is 32.2. The number of sulfonamides is 1. The predicted octanol–water partition coefficient (Wildman–Crippen LogP) is 2.41. The molecule has 0 unspecified atom stereocenters. The first-order valence-electron chi connectivity index (χ1n) is 6.36. The van der Waals surface area contributed by atoms with E-state index in [0.717, 1.165) is 0 Å². The van der Waals surface area contributed by atoms with Gasteiger partial charge in [0.2, 0.25) is 0 Å². The molecule has 2 aromatic rings. The van der Waals surface area contributed by atoms with Crippen LogP contribution in [0.4, 0.5) is 11.4 Å². The number of hydrogen-bond donors (Lipinski definition) is 1. The van der Waals surface area contributed by atoms with E-state index in [1.165, 1.54) is 18.5 Å². The van der Waals surface area contributed by atoms with E-state index in [1.54, 1.807) is 49.4 Å². The Bertz CT molecular complexity index is 757. The fourth-order valence-electron chi connectivity index (χ4n) is 2.00. The van der Waals surface area contributed by atoms with Crippen molar-refractivity contribution in [2.75, 3.05) is 24.2 Å². The molecule has 0 bridgehead atoms. The Hall–Kier alpha value is -2.21. The van der Waals surface area contributed by atoms with E-state index < -0.39 is 10.0 Å². The summed E-state index contributed by atoms with van der Waals surface area (Å²) in [5.41, 5.74) is 7.33. The van der Waals surface area contributed by atoms with Crippen molar-refractivity contribution in [1.29, 1.82) is 0 Å². The average molecular weight is 306 g/mol. The molecule has 5 nitrogen and oxygen atoms in total. The van der Waals surface area contributed by atoms with Gasteiger partial charge in [-0.1, -0.05) is 12.1 Å². The van der Waals surface area contributed by atoms with Crippen molar-refractivity contribution in [1.82, 2.24) is 0 Å². The number of methoxy groups -OCH3 is 1. The van der Waals surface area contributed by atoms with Gasteiger partial charge in [0.05, 0.1) is 17.7 Å². The van der Waals surface area contributed by atoms with E-state index in [4.69, 9.17) is 10.5 Å². The summed E-state index contributed by atoms with van der Waals surface area (Å²) < 4.78 is 31.8. The van der Waals surface area contributed by atoms with Crippen LogP contribution in [0.25, 0.3) is 0 Å². The number of nitrogen functional groups attached to an aromatic ring is 1. The molecule has 0 radical (unpaired) electrons. The van der Waals surface area contributed by atoms with Crippen LogP contribution in [0.3, 0.4) is 0 Å². The molecular weight excluding hydrogens is 288 g/mol. The molecule has 0 aliphatic rings. The van der Waals surface area contributed by atoms with Crippen LogP contribution in [0.5, 0.6) is 5.75 Å². The molecule has 0 atom stereocenters. The van der Waals surface area contributed by atoms with Crippen molar-refractivity contribution >= 4 is 21.4 Å². The van der Waals surface area contributed by atoms with E-state index in [-0.39, 0.29) is 4.90 Å². The zero-order chi connectivity index (χ0) is 15.6. The summed E-state index contributed by atoms with van der Waals surface area (Å²) >= 11 is 0. The SMILES string of the molecule is COc1cccc(N(C)S(=O)(=O)c2cccc(N)c2C)c1.